The number of aromatic nitrogens is 1. The second-order valence-electron chi connectivity index (χ2n) is 5.88. The van der Waals surface area contributed by atoms with Crippen LogP contribution >= 0.6 is 0 Å². The standard InChI is InChI=1S/C19H15FN2O4/c20-12-1-3-15-14(9-12)16(23)5-6-22(15)11-19(24)21-13-2-4-17-18(10-13)26-8-7-25-17/h1-6,9-10H,7-8,11H2,(H,21,24). The van der Waals surface area contributed by atoms with Crippen molar-refractivity contribution in [2.45, 2.75) is 6.54 Å². The van der Waals surface area contributed by atoms with E-state index in [0.717, 1.165) is 0 Å². The van der Waals surface area contributed by atoms with Crippen LogP contribution in [-0.2, 0) is 11.3 Å². The van der Waals surface area contributed by atoms with E-state index in [1.807, 2.05) is 0 Å². The SMILES string of the molecule is O=C(Cn1ccc(=O)c2cc(F)ccc21)Nc1ccc2c(c1)OCCO2. The van der Waals surface area contributed by atoms with Gasteiger partial charge in [0.1, 0.15) is 25.6 Å². The van der Waals surface area contributed by atoms with Gasteiger partial charge < -0.3 is 19.4 Å². The molecule has 1 amide bonds. The molecule has 1 aromatic heterocycles. The molecule has 2 aromatic carbocycles. The number of carbonyl (C=O) groups excluding carboxylic acids is 1. The summed E-state index contributed by atoms with van der Waals surface area (Å²) in [6, 6.07) is 10.4. The lowest BCUT2D eigenvalue weighted by molar-refractivity contribution is -0.116. The number of halogens is 1. The smallest absolute Gasteiger partial charge is 0.244 e. The van der Waals surface area contributed by atoms with E-state index in [1.54, 1.807) is 22.8 Å². The highest BCUT2D eigenvalue weighted by atomic mass is 19.1. The fourth-order valence-electron chi connectivity index (χ4n) is 2.90. The number of nitrogens with zero attached hydrogens (tertiary/aromatic N) is 1. The van der Waals surface area contributed by atoms with Crippen LogP contribution in [0.4, 0.5) is 10.1 Å². The quantitative estimate of drug-likeness (QED) is 0.785. The highest BCUT2D eigenvalue weighted by Gasteiger charge is 2.13. The van der Waals surface area contributed by atoms with E-state index in [0.29, 0.717) is 35.9 Å². The van der Waals surface area contributed by atoms with Gasteiger partial charge in [0.25, 0.3) is 0 Å². The van der Waals surface area contributed by atoms with Crippen molar-refractivity contribution >= 4 is 22.5 Å². The van der Waals surface area contributed by atoms with Crippen LogP contribution in [-0.4, -0.2) is 23.7 Å². The summed E-state index contributed by atoms with van der Waals surface area (Å²) in [5.74, 6) is 0.449. The zero-order valence-corrected chi connectivity index (χ0v) is 13.7. The number of benzene rings is 2. The molecule has 26 heavy (non-hydrogen) atoms. The Kier molecular flexibility index (Phi) is 4.04. The maximum Gasteiger partial charge on any atom is 0.244 e. The number of fused-ring (bicyclic) bond motifs is 2. The van der Waals surface area contributed by atoms with Crippen molar-refractivity contribution in [1.82, 2.24) is 4.57 Å². The van der Waals surface area contributed by atoms with Gasteiger partial charge in [-0.15, -0.1) is 0 Å². The first-order chi connectivity index (χ1) is 12.6. The first-order valence-electron chi connectivity index (χ1n) is 8.08. The van der Waals surface area contributed by atoms with Crippen LogP contribution < -0.4 is 20.2 Å². The number of hydrogen-bond donors (Lipinski definition) is 1. The zero-order valence-electron chi connectivity index (χ0n) is 13.7. The van der Waals surface area contributed by atoms with Crippen molar-refractivity contribution in [2.75, 3.05) is 18.5 Å². The highest BCUT2D eigenvalue weighted by Crippen LogP contribution is 2.32. The van der Waals surface area contributed by atoms with Gasteiger partial charge in [-0.3, -0.25) is 9.59 Å². The molecule has 132 valence electrons. The molecule has 1 N–H and O–H groups in total. The van der Waals surface area contributed by atoms with E-state index < -0.39 is 5.82 Å². The molecule has 7 heteroatoms. The number of hydrogen-bond acceptors (Lipinski definition) is 4. The maximum atomic E-state index is 13.4. The van der Waals surface area contributed by atoms with E-state index in [-0.39, 0.29) is 23.3 Å². The van der Waals surface area contributed by atoms with Gasteiger partial charge in [0.05, 0.1) is 5.52 Å². The van der Waals surface area contributed by atoms with Gasteiger partial charge in [-0.25, -0.2) is 4.39 Å². The van der Waals surface area contributed by atoms with Gasteiger partial charge in [-0.05, 0) is 30.3 Å². The molecule has 0 fully saturated rings. The molecular weight excluding hydrogens is 339 g/mol. The summed E-state index contributed by atoms with van der Waals surface area (Å²) in [4.78, 5) is 24.3. The summed E-state index contributed by atoms with van der Waals surface area (Å²) in [6.07, 6.45) is 1.52. The van der Waals surface area contributed by atoms with E-state index in [2.05, 4.69) is 5.32 Å². The lowest BCUT2D eigenvalue weighted by Crippen LogP contribution is -2.21. The average Bonchev–Trinajstić information content (AvgIpc) is 2.64. The van der Waals surface area contributed by atoms with Gasteiger partial charge in [-0.2, -0.15) is 0 Å². The molecule has 0 saturated heterocycles. The zero-order chi connectivity index (χ0) is 18.1. The predicted molar refractivity (Wildman–Crippen MR) is 94.2 cm³/mol. The molecule has 0 aliphatic carbocycles. The third-order valence-electron chi connectivity index (χ3n) is 4.08. The van der Waals surface area contributed by atoms with Crippen LogP contribution in [0.1, 0.15) is 0 Å². The Bertz CT molecular complexity index is 1060. The predicted octanol–water partition coefficient (Wildman–Crippen LogP) is 2.55. The number of ether oxygens (including phenoxy) is 2. The minimum absolute atomic E-state index is 0.0170. The fourth-order valence-corrected chi connectivity index (χ4v) is 2.90. The molecule has 0 spiro atoms. The lowest BCUT2D eigenvalue weighted by atomic mass is 10.2. The number of pyridine rings is 1. The molecule has 1 aliphatic heterocycles. The Balaban J connectivity index is 1.56. The van der Waals surface area contributed by atoms with Gasteiger partial charge in [0, 0.05) is 29.4 Å². The van der Waals surface area contributed by atoms with E-state index >= 15 is 0 Å². The molecule has 1 aliphatic rings. The molecule has 6 nitrogen and oxygen atoms in total. The summed E-state index contributed by atoms with van der Waals surface area (Å²) in [5, 5.41) is 3.02. The maximum absolute atomic E-state index is 13.4. The Morgan fingerprint density at radius 1 is 1.08 bits per heavy atom. The number of anilines is 1. The van der Waals surface area contributed by atoms with Crippen molar-refractivity contribution in [3.63, 3.8) is 0 Å². The van der Waals surface area contributed by atoms with Crippen LogP contribution in [0.3, 0.4) is 0 Å². The third kappa shape index (κ3) is 3.11. The van der Waals surface area contributed by atoms with Crippen molar-refractivity contribution < 1.29 is 18.7 Å². The summed E-state index contributed by atoms with van der Waals surface area (Å²) in [5.41, 5.74) is 0.787. The second kappa shape index (κ2) is 6.51. The van der Waals surface area contributed by atoms with Crippen LogP contribution in [0.5, 0.6) is 11.5 Å². The normalized spacial score (nSPS) is 12.8. The number of amides is 1. The summed E-state index contributed by atoms with van der Waals surface area (Å²) in [7, 11) is 0. The Hall–Kier alpha value is -3.35. The minimum atomic E-state index is -0.493. The summed E-state index contributed by atoms with van der Waals surface area (Å²) in [6.45, 7) is 0.944. The molecular formula is C19H15FN2O4. The van der Waals surface area contributed by atoms with E-state index in [1.165, 1.54) is 30.5 Å². The monoisotopic (exact) mass is 354 g/mol. The van der Waals surface area contributed by atoms with Gasteiger partial charge in [0.15, 0.2) is 16.9 Å². The average molecular weight is 354 g/mol. The van der Waals surface area contributed by atoms with Gasteiger partial charge in [0.2, 0.25) is 5.91 Å². The molecule has 0 saturated carbocycles. The van der Waals surface area contributed by atoms with E-state index in [9.17, 15) is 14.0 Å². The van der Waals surface area contributed by atoms with E-state index in [4.69, 9.17) is 9.47 Å². The highest BCUT2D eigenvalue weighted by molar-refractivity contribution is 5.92. The molecule has 3 aromatic rings. The lowest BCUT2D eigenvalue weighted by Gasteiger charge is -2.19. The van der Waals surface area contributed by atoms with Crippen molar-refractivity contribution in [3.05, 3.63) is 64.7 Å². The Morgan fingerprint density at radius 3 is 2.73 bits per heavy atom. The van der Waals surface area contributed by atoms with Crippen LogP contribution in [0.2, 0.25) is 0 Å². The topological polar surface area (TPSA) is 69.6 Å². The molecule has 0 unspecified atom stereocenters. The number of nitrogens with one attached hydrogen (secondary N) is 1. The molecule has 2 heterocycles. The van der Waals surface area contributed by atoms with Gasteiger partial charge >= 0.3 is 0 Å². The molecule has 4 rings (SSSR count). The number of carbonyl (C=O) groups is 1. The second-order valence-corrected chi connectivity index (χ2v) is 5.88. The van der Waals surface area contributed by atoms with Crippen molar-refractivity contribution in [2.24, 2.45) is 0 Å². The summed E-state index contributed by atoms with van der Waals surface area (Å²) < 4.78 is 25.9. The number of rotatable bonds is 3. The largest absolute Gasteiger partial charge is 0.486 e. The van der Waals surface area contributed by atoms with Crippen LogP contribution in [0, 0.1) is 5.82 Å². The van der Waals surface area contributed by atoms with Crippen molar-refractivity contribution in [1.29, 1.82) is 0 Å². The minimum Gasteiger partial charge on any atom is -0.486 e. The summed E-state index contributed by atoms with van der Waals surface area (Å²) >= 11 is 0. The Morgan fingerprint density at radius 2 is 1.88 bits per heavy atom. The third-order valence-corrected chi connectivity index (χ3v) is 4.08. The van der Waals surface area contributed by atoms with Crippen molar-refractivity contribution in [3.8, 4) is 11.5 Å². The first-order valence-corrected chi connectivity index (χ1v) is 8.08. The fraction of sp³-hybridized carbons (Fsp3) is 0.158. The van der Waals surface area contributed by atoms with Gasteiger partial charge in [-0.1, -0.05) is 0 Å². The molecule has 0 radical (unpaired) electrons. The van der Waals surface area contributed by atoms with Crippen LogP contribution in [0.15, 0.2) is 53.5 Å². The molecule has 0 atom stereocenters. The Labute approximate surface area is 147 Å². The van der Waals surface area contributed by atoms with Crippen LogP contribution in [0.25, 0.3) is 10.9 Å². The molecule has 0 bridgehead atoms. The first kappa shape index (κ1) is 16.1.